The quantitative estimate of drug-likeness (QED) is 0.338. The Bertz CT molecular complexity index is 990. The van der Waals surface area contributed by atoms with Gasteiger partial charge in [-0.3, -0.25) is 0 Å². The minimum atomic E-state index is -0.695. The molecule has 0 spiro atoms. The molecule has 0 saturated heterocycles. The maximum absolute atomic E-state index is 10.6. The first kappa shape index (κ1) is 29.1. The molecule has 0 fully saturated rings. The van der Waals surface area contributed by atoms with E-state index in [0.29, 0.717) is 35.2 Å². The highest BCUT2D eigenvalue weighted by Crippen LogP contribution is 2.47. The van der Waals surface area contributed by atoms with E-state index in [4.69, 9.17) is 29.4 Å². The summed E-state index contributed by atoms with van der Waals surface area (Å²) in [5.74, 6) is 3.21. The predicted molar refractivity (Wildman–Crippen MR) is 143 cm³/mol. The summed E-state index contributed by atoms with van der Waals surface area (Å²) in [4.78, 5) is 0. The van der Waals surface area contributed by atoms with Crippen LogP contribution in [-0.2, 0) is 11.8 Å². The van der Waals surface area contributed by atoms with Crippen molar-refractivity contribution in [3.8, 4) is 34.8 Å². The second-order valence-corrected chi connectivity index (χ2v) is 9.06. The second-order valence-electron chi connectivity index (χ2n) is 9.06. The normalized spacial score (nSPS) is 13.4. The minimum absolute atomic E-state index is 0.0406. The van der Waals surface area contributed by atoms with E-state index in [1.165, 1.54) is 0 Å². The number of nitrogens with zero attached hydrogens (tertiary/aromatic N) is 1. The molecule has 0 aliphatic carbocycles. The van der Waals surface area contributed by atoms with Crippen LogP contribution in [0.1, 0.15) is 57.1 Å². The zero-order valence-corrected chi connectivity index (χ0v) is 22.8. The molecule has 0 aromatic heterocycles. The number of rotatable bonds is 15. The summed E-state index contributed by atoms with van der Waals surface area (Å²) in [5, 5.41) is 10.6. The average Bonchev–Trinajstić information content (AvgIpc) is 2.91. The van der Waals surface area contributed by atoms with Crippen molar-refractivity contribution >= 4 is 0 Å². The molecule has 0 aliphatic heterocycles. The highest BCUT2D eigenvalue weighted by molar-refractivity contribution is 5.56. The summed E-state index contributed by atoms with van der Waals surface area (Å²) >= 11 is 0. The van der Waals surface area contributed by atoms with Gasteiger partial charge < -0.3 is 29.4 Å². The van der Waals surface area contributed by atoms with Crippen LogP contribution in [0.15, 0.2) is 30.3 Å². The van der Waals surface area contributed by atoms with Gasteiger partial charge in [0.1, 0.15) is 0 Å². The molecule has 0 amide bonds. The summed E-state index contributed by atoms with van der Waals surface area (Å²) in [6, 6.07) is 12.4. The topological polar surface area (TPSA) is 96.0 Å². The Kier molecular flexibility index (Phi) is 11.2. The number of hydrogen-bond acceptors (Lipinski definition) is 7. The fourth-order valence-corrected chi connectivity index (χ4v) is 5.18. The van der Waals surface area contributed by atoms with Crippen LogP contribution in [0.25, 0.3) is 0 Å². The highest BCUT2D eigenvalue weighted by atomic mass is 16.5. The molecule has 0 radical (unpaired) electrons. The van der Waals surface area contributed by atoms with Gasteiger partial charge in [-0.2, -0.15) is 5.26 Å². The lowest BCUT2D eigenvalue weighted by molar-refractivity contribution is 0.283. The highest BCUT2D eigenvalue weighted by Gasteiger charge is 2.40. The molecule has 0 saturated carbocycles. The maximum Gasteiger partial charge on any atom is 0.203 e. The first-order valence-electron chi connectivity index (χ1n) is 12.6. The molecule has 2 rings (SSSR count). The lowest BCUT2D eigenvalue weighted by Gasteiger charge is -2.36. The number of methoxy groups -OCH3 is 5. The Morgan fingerprint density at radius 2 is 1.42 bits per heavy atom. The van der Waals surface area contributed by atoms with Crippen molar-refractivity contribution in [3.63, 3.8) is 0 Å². The first-order valence-corrected chi connectivity index (χ1v) is 12.6. The SMILES string of the molecule is CCC(CC)C(C#N)(CCCC(N)Cc1ccc(OC)c(OC)c1)c1cc(OC)c(OC)c(OC)c1. The van der Waals surface area contributed by atoms with Crippen LogP contribution in [0.4, 0.5) is 0 Å². The van der Waals surface area contributed by atoms with Gasteiger partial charge >= 0.3 is 0 Å². The van der Waals surface area contributed by atoms with Crippen molar-refractivity contribution in [1.29, 1.82) is 5.26 Å². The van der Waals surface area contributed by atoms with Gasteiger partial charge in [0.2, 0.25) is 5.75 Å². The summed E-state index contributed by atoms with van der Waals surface area (Å²) < 4.78 is 27.5. The third-order valence-corrected chi connectivity index (χ3v) is 7.15. The first-order chi connectivity index (χ1) is 17.4. The minimum Gasteiger partial charge on any atom is -0.493 e. The molecule has 0 aliphatic rings. The van der Waals surface area contributed by atoms with E-state index >= 15 is 0 Å². The number of nitriles is 1. The van der Waals surface area contributed by atoms with Crippen LogP contribution in [0.5, 0.6) is 28.7 Å². The standard InChI is InChI=1S/C29H42N2O5/c1-8-21(9-2)29(19-30,22-17-26(34-5)28(36-7)27(18-22)35-6)14-10-11-23(31)15-20-12-13-24(32-3)25(16-20)33-4/h12-13,16-18,21,23H,8-11,14-15,31H2,1-7H3. The third-order valence-electron chi connectivity index (χ3n) is 7.15. The van der Waals surface area contributed by atoms with Crippen LogP contribution >= 0.6 is 0 Å². The van der Waals surface area contributed by atoms with Gasteiger partial charge in [0.05, 0.1) is 47.0 Å². The van der Waals surface area contributed by atoms with Crippen molar-refractivity contribution in [1.82, 2.24) is 0 Å². The Morgan fingerprint density at radius 3 is 1.89 bits per heavy atom. The lowest BCUT2D eigenvalue weighted by atomic mass is 9.66. The van der Waals surface area contributed by atoms with Gasteiger partial charge in [-0.05, 0) is 67.0 Å². The summed E-state index contributed by atoms with van der Waals surface area (Å²) in [6.07, 6.45) is 4.79. The molecule has 198 valence electrons. The van der Waals surface area contributed by atoms with Gasteiger partial charge in [-0.25, -0.2) is 0 Å². The molecular weight excluding hydrogens is 456 g/mol. The van der Waals surface area contributed by atoms with E-state index in [1.54, 1.807) is 35.5 Å². The summed E-state index contributed by atoms with van der Waals surface area (Å²) in [6.45, 7) is 4.28. The van der Waals surface area contributed by atoms with Crippen LogP contribution in [0.2, 0.25) is 0 Å². The van der Waals surface area contributed by atoms with Gasteiger partial charge in [0.15, 0.2) is 23.0 Å². The maximum atomic E-state index is 10.6. The van der Waals surface area contributed by atoms with Crippen molar-refractivity contribution in [2.75, 3.05) is 35.5 Å². The number of nitrogens with two attached hydrogens (primary N) is 1. The molecule has 2 N–H and O–H groups in total. The summed E-state index contributed by atoms with van der Waals surface area (Å²) in [7, 11) is 8.03. The zero-order chi connectivity index (χ0) is 26.7. The molecule has 36 heavy (non-hydrogen) atoms. The molecule has 2 atom stereocenters. The molecular formula is C29H42N2O5. The van der Waals surface area contributed by atoms with Gasteiger partial charge in [-0.15, -0.1) is 0 Å². The van der Waals surface area contributed by atoms with Crippen molar-refractivity contribution in [2.45, 2.75) is 63.8 Å². The van der Waals surface area contributed by atoms with Crippen LogP contribution < -0.4 is 29.4 Å². The fraction of sp³-hybridized carbons (Fsp3) is 0.552. The van der Waals surface area contributed by atoms with Gasteiger partial charge in [0.25, 0.3) is 0 Å². The van der Waals surface area contributed by atoms with Crippen molar-refractivity contribution < 1.29 is 23.7 Å². The molecule has 2 aromatic rings. The van der Waals surface area contributed by atoms with E-state index in [2.05, 4.69) is 19.9 Å². The molecule has 0 heterocycles. The largest absolute Gasteiger partial charge is 0.493 e. The Balaban J connectivity index is 2.29. The zero-order valence-electron chi connectivity index (χ0n) is 22.8. The Labute approximate surface area is 216 Å². The van der Waals surface area contributed by atoms with Gasteiger partial charge in [0, 0.05) is 6.04 Å². The second kappa shape index (κ2) is 13.8. The van der Waals surface area contributed by atoms with Crippen LogP contribution in [0, 0.1) is 17.2 Å². The van der Waals surface area contributed by atoms with E-state index in [9.17, 15) is 5.26 Å². The molecule has 2 unspecified atom stereocenters. The molecule has 7 nitrogen and oxygen atoms in total. The smallest absolute Gasteiger partial charge is 0.203 e. The monoisotopic (exact) mass is 498 g/mol. The Hall–Kier alpha value is -3.11. The molecule has 2 aromatic carbocycles. The number of benzene rings is 2. The van der Waals surface area contributed by atoms with E-state index in [1.807, 2.05) is 30.3 Å². The van der Waals surface area contributed by atoms with E-state index in [-0.39, 0.29) is 12.0 Å². The van der Waals surface area contributed by atoms with Crippen molar-refractivity contribution in [2.24, 2.45) is 11.7 Å². The van der Waals surface area contributed by atoms with Crippen LogP contribution in [-0.4, -0.2) is 41.6 Å². The molecule has 0 bridgehead atoms. The average molecular weight is 499 g/mol. The van der Waals surface area contributed by atoms with Gasteiger partial charge in [-0.1, -0.05) is 32.8 Å². The number of ether oxygens (including phenoxy) is 5. The predicted octanol–water partition coefficient (Wildman–Crippen LogP) is 5.67. The molecule has 7 heteroatoms. The summed E-state index contributed by atoms with van der Waals surface area (Å²) in [5.41, 5.74) is 7.83. The number of hydrogen-bond donors (Lipinski definition) is 1. The Morgan fingerprint density at radius 1 is 0.833 bits per heavy atom. The third kappa shape index (κ3) is 6.36. The van der Waals surface area contributed by atoms with E-state index < -0.39 is 5.41 Å². The van der Waals surface area contributed by atoms with Crippen molar-refractivity contribution in [3.05, 3.63) is 41.5 Å². The fourth-order valence-electron chi connectivity index (χ4n) is 5.18. The van der Waals surface area contributed by atoms with Crippen LogP contribution in [0.3, 0.4) is 0 Å². The lowest BCUT2D eigenvalue weighted by Crippen LogP contribution is -2.34. The van der Waals surface area contributed by atoms with E-state index in [0.717, 1.165) is 43.2 Å².